The molecule has 1 aliphatic heterocycles. The molecule has 3 heterocycles. The number of imidazole rings is 1. The molecule has 10 nitrogen and oxygen atoms in total. The van der Waals surface area contributed by atoms with Crippen molar-refractivity contribution in [3.63, 3.8) is 0 Å². The maximum absolute atomic E-state index is 12.3. The summed E-state index contributed by atoms with van der Waals surface area (Å²) in [4.78, 5) is 52.4. The number of hydrogen-bond donors (Lipinski definition) is 1. The van der Waals surface area contributed by atoms with Crippen LogP contribution in [0.15, 0.2) is 9.59 Å². The molecule has 11 heteroatoms. The van der Waals surface area contributed by atoms with Gasteiger partial charge in [-0.3, -0.25) is 23.6 Å². The molecule has 1 aliphatic rings. The Bertz CT molecular complexity index is 939. The smallest absolute Gasteiger partial charge is 0.329 e. The second-order valence-corrected chi connectivity index (χ2v) is 5.45. The van der Waals surface area contributed by atoms with Gasteiger partial charge in [-0.15, -0.1) is 0 Å². The molecule has 2 aromatic rings. The molecule has 3 rings (SSSR count). The summed E-state index contributed by atoms with van der Waals surface area (Å²) in [5.74, 6) is -0.351. The normalized spacial score (nSPS) is 14.8. The molecule has 1 N–H and O–H groups in total. The van der Waals surface area contributed by atoms with E-state index in [9.17, 15) is 19.2 Å². The van der Waals surface area contributed by atoms with E-state index in [0.717, 1.165) is 9.47 Å². The number of nitrogens with one attached hydrogen (secondary N) is 1. The van der Waals surface area contributed by atoms with Crippen molar-refractivity contribution >= 4 is 34.7 Å². The van der Waals surface area contributed by atoms with Gasteiger partial charge >= 0.3 is 11.7 Å². The number of imide groups is 1. The third-order valence-electron chi connectivity index (χ3n) is 3.79. The van der Waals surface area contributed by atoms with Crippen LogP contribution in [-0.2, 0) is 25.4 Å². The summed E-state index contributed by atoms with van der Waals surface area (Å²) in [6.07, 6.45) is 0. The molecular weight excluding hydrogens is 328 g/mol. The van der Waals surface area contributed by atoms with Crippen molar-refractivity contribution in [2.45, 2.75) is 6.54 Å². The Kier molecular flexibility index (Phi) is 3.48. The number of fused-ring (bicyclic) bond motifs is 1. The number of amides is 3. The average molecular weight is 341 g/mol. The van der Waals surface area contributed by atoms with Gasteiger partial charge in [-0.1, -0.05) is 0 Å². The van der Waals surface area contributed by atoms with E-state index in [0.29, 0.717) is 0 Å². The summed E-state index contributed by atoms with van der Waals surface area (Å²) in [6, 6.07) is -0.490. The van der Waals surface area contributed by atoms with E-state index in [1.165, 1.54) is 23.2 Å². The summed E-state index contributed by atoms with van der Waals surface area (Å²) in [5, 5.41) is 2.41. The van der Waals surface area contributed by atoms with Crippen LogP contribution in [-0.4, -0.2) is 48.6 Å². The number of carbonyl (C=O) groups is 2. The number of rotatable bonds is 3. The van der Waals surface area contributed by atoms with Crippen LogP contribution in [0.2, 0.25) is 5.28 Å². The van der Waals surface area contributed by atoms with Gasteiger partial charge in [0.2, 0.25) is 11.2 Å². The lowest BCUT2D eigenvalue weighted by Gasteiger charge is -2.13. The Hall–Kier alpha value is -2.62. The molecule has 2 aromatic heterocycles. The zero-order valence-electron chi connectivity index (χ0n) is 12.4. The zero-order valence-corrected chi connectivity index (χ0v) is 13.1. The molecule has 0 aromatic carbocycles. The van der Waals surface area contributed by atoms with E-state index < -0.39 is 17.3 Å². The van der Waals surface area contributed by atoms with Crippen molar-refractivity contribution in [2.24, 2.45) is 14.1 Å². The first-order valence-electron chi connectivity index (χ1n) is 6.73. The number of carbonyl (C=O) groups excluding carboxylic acids is 2. The van der Waals surface area contributed by atoms with E-state index in [1.54, 1.807) is 0 Å². The summed E-state index contributed by atoms with van der Waals surface area (Å²) in [5.41, 5.74) is -0.760. The van der Waals surface area contributed by atoms with E-state index in [-0.39, 0.29) is 42.0 Å². The lowest BCUT2D eigenvalue weighted by molar-refractivity contribution is -0.125. The Morgan fingerprint density at radius 2 is 1.83 bits per heavy atom. The fraction of sp³-hybridized carbons (Fsp3) is 0.417. The minimum Gasteiger partial charge on any atom is -0.329 e. The molecule has 0 radical (unpaired) electrons. The lowest BCUT2D eigenvalue weighted by Crippen LogP contribution is -2.38. The molecule has 3 amide bonds. The summed E-state index contributed by atoms with van der Waals surface area (Å²) < 4.78 is 3.55. The minimum atomic E-state index is -0.542. The van der Waals surface area contributed by atoms with Crippen LogP contribution >= 0.6 is 11.6 Å². The molecule has 1 fully saturated rings. The van der Waals surface area contributed by atoms with E-state index in [2.05, 4.69) is 10.3 Å². The number of halogens is 1. The van der Waals surface area contributed by atoms with Gasteiger partial charge in [0.15, 0.2) is 11.2 Å². The fourth-order valence-corrected chi connectivity index (χ4v) is 2.75. The van der Waals surface area contributed by atoms with Crippen LogP contribution in [0, 0.1) is 0 Å². The van der Waals surface area contributed by atoms with Crippen LogP contribution in [0.4, 0.5) is 4.79 Å². The van der Waals surface area contributed by atoms with Crippen LogP contribution in [0.1, 0.15) is 0 Å². The van der Waals surface area contributed by atoms with E-state index >= 15 is 0 Å². The highest BCUT2D eigenvalue weighted by Gasteiger charge is 2.28. The van der Waals surface area contributed by atoms with Crippen LogP contribution in [0.5, 0.6) is 0 Å². The number of nitrogens with zero attached hydrogens (tertiary/aromatic N) is 5. The van der Waals surface area contributed by atoms with Gasteiger partial charge in [0, 0.05) is 27.2 Å². The molecule has 1 saturated heterocycles. The summed E-state index contributed by atoms with van der Waals surface area (Å²) in [6.45, 7) is 0.0945. The van der Waals surface area contributed by atoms with E-state index in [1.807, 2.05) is 0 Å². The van der Waals surface area contributed by atoms with Gasteiger partial charge in [0.1, 0.15) is 0 Å². The molecular formula is C12H13ClN6O4. The Balaban J connectivity index is 2.07. The van der Waals surface area contributed by atoms with Crippen LogP contribution in [0.3, 0.4) is 0 Å². The molecule has 0 atom stereocenters. The first-order chi connectivity index (χ1) is 10.8. The van der Waals surface area contributed by atoms with Crippen molar-refractivity contribution in [1.82, 2.24) is 28.9 Å². The Morgan fingerprint density at radius 3 is 2.43 bits per heavy atom. The van der Waals surface area contributed by atoms with Gasteiger partial charge in [-0.05, 0) is 11.6 Å². The van der Waals surface area contributed by atoms with Crippen LogP contribution in [0.25, 0.3) is 11.2 Å². The SMILES string of the molecule is Cn1c(=O)c2c(nc(Cl)n2CCN2C(=O)CNC2=O)n(C)c1=O. The van der Waals surface area contributed by atoms with Gasteiger partial charge in [0.25, 0.3) is 5.56 Å². The second-order valence-electron chi connectivity index (χ2n) is 5.11. The Morgan fingerprint density at radius 1 is 1.13 bits per heavy atom. The monoisotopic (exact) mass is 340 g/mol. The quantitative estimate of drug-likeness (QED) is 0.548. The molecule has 0 unspecified atom stereocenters. The predicted octanol–water partition coefficient (Wildman–Crippen LogP) is -1.36. The molecule has 0 bridgehead atoms. The number of aromatic nitrogens is 4. The maximum atomic E-state index is 12.3. The zero-order chi connectivity index (χ0) is 16.9. The Labute approximate surface area is 133 Å². The number of hydrogen-bond acceptors (Lipinski definition) is 5. The number of urea groups is 1. The van der Waals surface area contributed by atoms with Crippen molar-refractivity contribution in [1.29, 1.82) is 0 Å². The standard InChI is InChI=1S/C12H13ClN6O4/c1-16-8-7(9(21)17(2)12(16)23)19(10(13)15-8)4-3-18-6(20)5-14-11(18)22/h3-5H2,1-2H3,(H,14,22). The highest BCUT2D eigenvalue weighted by molar-refractivity contribution is 6.29. The van der Waals surface area contributed by atoms with Crippen molar-refractivity contribution in [2.75, 3.05) is 13.1 Å². The molecule has 0 saturated carbocycles. The third-order valence-corrected chi connectivity index (χ3v) is 4.07. The highest BCUT2D eigenvalue weighted by Crippen LogP contribution is 2.15. The molecule has 23 heavy (non-hydrogen) atoms. The minimum absolute atomic E-state index is 0.00496. The lowest BCUT2D eigenvalue weighted by atomic mass is 10.4. The largest absolute Gasteiger partial charge is 0.332 e. The van der Waals surface area contributed by atoms with Crippen molar-refractivity contribution in [3.8, 4) is 0 Å². The topological polar surface area (TPSA) is 111 Å². The fourth-order valence-electron chi connectivity index (χ4n) is 2.51. The van der Waals surface area contributed by atoms with Gasteiger partial charge < -0.3 is 9.88 Å². The maximum Gasteiger partial charge on any atom is 0.332 e. The van der Waals surface area contributed by atoms with Gasteiger partial charge in [-0.2, -0.15) is 4.98 Å². The third kappa shape index (κ3) is 2.22. The summed E-state index contributed by atoms with van der Waals surface area (Å²) >= 11 is 6.06. The number of aryl methyl sites for hydroxylation is 1. The first-order valence-corrected chi connectivity index (χ1v) is 7.10. The average Bonchev–Trinajstić information content (AvgIpc) is 3.01. The second kappa shape index (κ2) is 5.23. The molecule has 0 spiro atoms. The summed E-state index contributed by atoms with van der Waals surface area (Å²) in [7, 11) is 2.84. The predicted molar refractivity (Wildman–Crippen MR) is 80.3 cm³/mol. The highest BCUT2D eigenvalue weighted by atomic mass is 35.5. The van der Waals surface area contributed by atoms with E-state index in [4.69, 9.17) is 11.6 Å². The molecule has 0 aliphatic carbocycles. The van der Waals surface area contributed by atoms with Crippen LogP contribution < -0.4 is 16.6 Å². The van der Waals surface area contributed by atoms with Gasteiger partial charge in [0.05, 0.1) is 6.54 Å². The van der Waals surface area contributed by atoms with Crippen molar-refractivity contribution < 1.29 is 9.59 Å². The first kappa shape index (κ1) is 15.3. The van der Waals surface area contributed by atoms with Crippen molar-refractivity contribution in [3.05, 3.63) is 26.1 Å². The van der Waals surface area contributed by atoms with Gasteiger partial charge in [-0.25, -0.2) is 9.59 Å². The molecule has 122 valence electrons.